The summed E-state index contributed by atoms with van der Waals surface area (Å²) in [4.78, 5) is 22.0. The fourth-order valence-electron chi connectivity index (χ4n) is 2.76. The van der Waals surface area contributed by atoms with Gasteiger partial charge in [-0.3, -0.25) is 0 Å². The molecule has 0 N–H and O–H groups in total. The third-order valence-electron chi connectivity index (χ3n) is 4.61. The highest BCUT2D eigenvalue weighted by molar-refractivity contribution is 5.82. The van der Waals surface area contributed by atoms with Crippen molar-refractivity contribution in [2.45, 2.75) is 0 Å². The molecule has 0 saturated carbocycles. The quantitative estimate of drug-likeness (QED) is 0.162. The average molecular weight is 521 g/mol. The summed E-state index contributed by atoms with van der Waals surface area (Å²) in [6, 6.07) is 18.3. The number of para-hydroxylation sites is 1. The highest BCUT2D eigenvalue weighted by atomic mass is 19.1. The van der Waals surface area contributed by atoms with Gasteiger partial charge in [0.2, 0.25) is 0 Å². The van der Waals surface area contributed by atoms with Gasteiger partial charge in [0.15, 0.2) is 0 Å². The maximum atomic E-state index is 14.7. The van der Waals surface area contributed by atoms with Gasteiger partial charge in [-0.25, -0.2) is 14.0 Å². The van der Waals surface area contributed by atoms with Gasteiger partial charge < -0.3 is 18.9 Å². The Morgan fingerprint density at radius 2 is 1.26 bits per heavy atom. The lowest BCUT2D eigenvalue weighted by Gasteiger charge is -2.02. The molecule has 0 aromatic heterocycles. The second-order valence-corrected chi connectivity index (χ2v) is 7.28. The molecule has 0 fully saturated rings. The summed E-state index contributed by atoms with van der Waals surface area (Å²) < 4.78 is 34.8. The molecule has 0 atom stereocenters. The van der Waals surface area contributed by atoms with Crippen molar-refractivity contribution in [1.82, 2.24) is 0 Å². The lowest BCUT2D eigenvalue weighted by atomic mass is 10.1. The Labute approximate surface area is 225 Å². The molecule has 7 heteroatoms. The summed E-state index contributed by atoms with van der Waals surface area (Å²) in [5, 5.41) is 0. The van der Waals surface area contributed by atoms with Gasteiger partial charge in [-0.2, -0.15) is 0 Å². The molecule has 3 aromatic carbocycles. The fraction of sp³-hybridized carbons (Fsp3) is 0. The number of carbonyl (C=O) groups excluding carboxylic acids is 2. The maximum Gasteiger partial charge on any atom is 0.335 e. The van der Waals surface area contributed by atoms with E-state index in [1.807, 2.05) is 0 Å². The number of rotatable bonds is 8. The smallest absolute Gasteiger partial charge is 0.335 e. The number of esters is 2. The van der Waals surface area contributed by atoms with Crippen LogP contribution in [0.4, 0.5) is 4.39 Å². The van der Waals surface area contributed by atoms with E-state index in [0.717, 1.165) is 24.7 Å². The zero-order valence-corrected chi connectivity index (χ0v) is 20.6. The average Bonchev–Trinajstić information content (AvgIpc) is 2.96. The van der Waals surface area contributed by atoms with Crippen LogP contribution in [-0.4, -0.2) is 11.9 Å². The third-order valence-corrected chi connectivity index (χ3v) is 4.61. The number of carbonyl (C=O) groups is 2. The van der Waals surface area contributed by atoms with Gasteiger partial charge in [0.25, 0.3) is 0 Å². The van der Waals surface area contributed by atoms with Crippen molar-refractivity contribution in [2.75, 3.05) is 0 Å². The number of halogens is 1. The first-order valence-electron chi connectivity index (χ1n) is 11.3. The van der Waals surface area contributed by atoms with E-state index in [2.05, 4.69) is 41.6 Å². The summed E-state index contributed by atoms with van der Waals surface area (Å²) in [6.07, 6.45) is 6.67. The predicted molar refractivity (Wildman–Crippen MR) is 143 cm³/mol. The van der Waals surface area contributed by atoms with Crippen molar-refractivity contribution in [3.05, 3.63) is 145 Å². The van der Waals surface area contributed by atoms with E-state index in [-0.39, 0.29) is 5.56 Å². The molecule has 6 nitrogen and oxygen atoms in total. The largest absolute Gasteiger partial charge is 0.462 e. The van der Waals surface area contributed by atoms with Crippen LogP contribution < -0.4 is 9.47 Å². The molecule has 0 unspecified atom stereocenters. The standard InChI is InChI=1S/C32H21FO6/c1-3-31(34)38-21-19-36-28-17-12-24(13-18-28)9-10-25-11-14-26(29(33)23-25)15-16-27-7-5-6-8-30(27)37-20-22-39-32(35)4-2/h3-8,11-14,17-23H,1-2H2/b21-19-,22-20-. The Morgan fingerprint density at radius 3 is 1.92 bits per heavy atom. The highest BCUT2D eigenvalue weighted by Gasteiger charge is 2.02. The Balaban J connectivity index is 1.64. The molecule has 0 saturated heterocycles. The normalized spacial score (nSPS) is 9.97. The minimum Gasteiger partial charge on any atom is -0.462 e. The van der Waals surface area contributed by atoms with Gasteiger partial charge in [-0.15, -0.1) is 0 Å². The number of ether oxygens (including phenoxy) is 4. The highest BCUT2D eigenvalue weighted by Crippen LogP contribution is 2.18. The van der Waals surface area contributed by atoms with Crippen molar-refractivity contribution in [2.24, 2.45) is 0 Å². The Morgan fingerprint density at radius 1 is 0.667 bits per heavy atom. The molecule has 0 spiro atoms. The van der Waals surface area contributed by atoms with Crippen molar-refractivity contribution in [3.8, 4) is 35.2 Å². The first kappa shape index (κ1) is 27.8. The lowest BCUT2D eigenvalue weighted by Crippen LogP contribution is -1.93. The van der Waals surface area contributed by atoms with Crippen molar-refractivity contribution in [1.29, 1.82) is 0 Å². The summed E-state index contributed by atoms with van der Waals surface area (Å²) in [5.74, 6) is 10.7. The Kier molecular flexibility index (Phi) is 10.5. The van der Waals surface area contributed by atoms with Crippen molar-refractivity contribution < 1.29 is 32.9 Å². The van der Waals surface area contributed by atoms with Crippen LogP contribution in [0.5, 0.6) is 11.5 Å². The van der Waals surface area contributed by atoms with E-state index in [0.29, 0.717) is 28.2 Å². The molecular formula is C32H21FO6. The van der Waals surface area contributed by atoms with Gasteiger partial charge in [0.1, 0.15) is 42.4 Å². The van der Waals surface area contributed by atoms with Crippen LogP contribution in [0.25, 0.3) is 0 Å². The van der Waals surface area contributed by atoms with Crippen LogP contribution in [0.15, 0.2) is 117 Å². The van der Waals surface area contributed by atoms with E-state index in [1.165, 1.54) is 18.6 Å². The summed E-state index contributed by atoms with van der Waals surface area (Å²) in [7, 11) is 0. The molecular weight excluding hydrogens is 499 g/mol. The van der Waals surface area contributed by atoms with Gasteiger partial charge >= 0.3 is 11.9 Å². The van der Waals surface area contributed by atoms with Crippen molar-refractivity contribution >= 4 is 11.9 Å². The van der Waals surface area contributed by atoms with Crippen LogP contribution >= 0.6 is 0 Å². The fourth-order valence-corrected chi connectivity index (χ4v) is 2.76. The van der Waals surface area contributed by atoms with Crippen LogP contribution in [0.2, 0.25) is 0 Å². The van der Waals surface area contributed by atoms with Crippen LogP contribution in [0, 0.1) is 29.5 Å². The van der Waals surface area contributed by atoms with Gasteiger partial charge in [-0.05, 0) is 54.6 Å². The zero-order valence-electron chi connectivity index (χ0n) is 20.6. The monoisotopic (exact) mass is 520 g/mol. The van der Waals surface area contributed by atoms with Crippen LogP contribution in [-0.2, 0) is 19.1 Å². The van der Waals surface area contributed by atoms with Crippen LogP contribution in [0.3, 0.4) is 0 Å². The van der Waals surface area contributed by atoms with E-state index in [1.54, 1.807) is 60.7 Å². The minimum atomic E-state index is -0.617. The molecule has 0 bridgehead atoms. The molecule has 3 rings (SSSR count). The molecule has 0 heterocycles. The molecule has 0 radical (unpaired) electrons. The first-order valence-corrected chi connectivity index (χ1v) is 11.3. The second kappa shape index (κ2) is 14.7. The first-order chi connectivity index (χ1) is 19.0. The van der Waals surface area contributed by atoms with E-state index >= 15 is 0 Å². The second-order valence-electron chi connectivity index (χ2n) is 7.28. The van der Waals surface area contributed by atoms with Gasteiger partial charge in [0.05, 0.1) is 11.1 Å². The summed E-state index contributed by atoms with van der Waals surface area (Å²) in [5.41, 5.74) is 1.88. The predicted octanol–water partition coefficient (Wildman–Crippen LogP) is 5.78. The lowest BCUT2D eigenvalue weighted by molar-refractivity contribution is -0.133. The maximum absolute atomic E-state index is 14.7. The molecule has 0 aliphatic rings. The van der Waals surface area contributed by atoms with Gasteiger partial charge in [-0.1, -0.05) is 49.0 Å². The van der Waals surface area contributed by atoms with Crippen LogP contribution in [0.1, 0.15) is 22.3 Å². The molecule has 39 heavy (non-hydrogen) atoms. The Hall–Kier alpha value is -5.79. The summed E-state index contributed by atoms with van der Waals surface area (Å²) in [6.45, 7) is 6.58. The number of hydrogen-bond donors (Lipinski definition) is 0. The van der Waals surface area contributed by atoms with Gasteiger partial charge in [0, 0.05) is 23.3 Å². The number of hydrogen-bond acceptors (Lipinski definition) is 6. The topological polar surface area (TPSA) is 71.1 Å². The molecule has 0 aliphatic heterocycles. The third kappa shape index (κ3) is 9.30. The molecule has 0 aliphatic carbocycles. The van der Waals surface area contributed by atoms with E-state index < -0.39 is 17.8 Å². The van der Waals surface area contributed by atoms with Crippen molar-refractivity contribution in [3.63, 3.8) is 0 Å². The van der Waals surface area contributed by atoms with E-state index in [4.69, 9.17) is 14.2 Å². The minimum absolute atomic E-state index is 0.194. The SMILES string of the molecule is C=CC(=O)O/C=C\Oc1ccc(C#Cc2ccc(C#Cc3ccccc3O/C=C\OC(=O)C=C)c(F)c2)cc1. The number of benzene rings is 3. The molecule has 0 amide bonds. The molecule has 3 aromatic rings. The van der Waals surface area contributed by atoms with E-state index in [9.17, 15) is 14.0 Å². The summed E-state index contributed by atoms with van der Waals surface area (Å²) >= 11 is 0. The Bertz CT molecular complexity index is 1540. The zero-order chi connectivity index (χ0) is 27.9. The molecule has 192 valence electrons.